The average Bonchev–Trinajstić information content (AvgIpc) is 4.08. The molecule has 70 heavy (non-hydrogen) atoms. The first-order valence-electron chi connectivity index (χ1n) is 24.0. The van der Waals surface area contributed by atoms with E-state index in [2.05, 4.69) is 218 Å². The van der Waals surface area contributed by atoms with E-state index in [0.717, 1.165) is 85.5 Å². The third-order valence-corrected chi connectivity index (χ3v) is 16.2. The van der Waals surface area contributed by atoms with Crippen molar-refractivity contribution >= 4 is 72.0 Å². The first-order valence-corrected chi connectivity index (χ1v) is 24.8. The van der Waals surface area contributed by atoms with Gasteiger partial charge in [-0.15, -0.1) is 17.8 Å². The molecule has 0 saturated heterocycles. The highest BCUT2D eigenvalue weighted by Crippen LogP contribution is 2.64. The van der Waals surface area contributed by atoms with Crippen LogP contribution in [0.15, 0.2) is 216 Å². The van der Waals surface area contributed by atoms with Crippen LogP contribution in [0.4, 0.5) is 11.4 Å². The van der Waals surface area contributed by atoms with E-state index < -0.39 is 5.41 Å². The molecule has 0 atom stereocenters. The summed E-state index contributed by atoms with van der Waals surface area (Å²) in [7, 11) is 0. The highest BCUT2D eigenvalue weighted by atomic mass is 32.1. The van der Waals surface area contributed by atoms with Gasteiger partial charge in [0.1, 0.15) is 22.7 Å². The van der Waals surface area contributed by atoms with Crippen molar-refractivity contribution in [3.63, 3.8) is 0 Å². The molecule has 1 aliphatic heterocycles. The number of thiophene rings is 1. The Morgan fingerprint density at radius 1 is 0.600 bits per heavy atom. The third-order valence-electron chi connectivity index (χ3n) is 14.9. The minimum atomic E-state index is -0.671. The number of rotatable bonds is 6. The number of para-hydroxylation sites is 2. The number of ether oxygens (including phenoxy) is 1. The normalized spacial score (nSPS) is 14.2. The van der Waals surface area contributed by atoms with E-state index in [0.29, 0.717) is 5.70 Å². The van der Waals surface area contributed by atoms with E-state index in [9.17, 15) is 0 Å². The molecule has 0 amide bonds. The Kier molecular flexibility index (Phi) is 9.08. The number of terminal acetylenes is 1. The van der Waals surface area contributed by atoms with E-state index in [4.69, 9.17) is 15.6 Å². The summed E-state index contributed by atoms with van der Waals surface area (Å²) < 4.78 is 16.6. The highest BCUT2D eigenvalue weighted by Gasteiger charge is 2.52. The molecular weight excluding hydrogens is 871 g/mol. The fraction of sp³-hybridized carbons (Fsp3) is 0.0606. The molecule has 0 saturated carbocycles. The van der Waals surface area contributed by atoms with Crippen molar-refractivity contribution in [2.24, 2.45) is 0 Å². The van der Waals surface area contributed by atoms with Crippen LogP contribution in [-0.4, -0.2) is 0 Å². The van der Waals surface area contributed by atoms with Gasteiger partial charge in [-0.1, -0.05) is 170 Å². The first-order chi connectivity index (χ1) is 34.6. The third kappa shape index (κ3) is 5.83. The van der Waals surface area contributed by atoms with Crippen LogP contribution in [0.25, 0.3) is 60.4 Å². The molecule has 330 valence electrons. The van der Waals surface area contributed by atoms with Crippen molar-refractivity contribution in [3.8, 4) is 35.0 Å². The van der Waals surface area contributed by atoms with Crippen LogP contribution >= 0.6 is 11.3 Å². The SMILES string of the molecule is C#C/C(=C\c1ccccc1C)N(c1ccc2oc3ccccc3c2c1)c1ccc2c(c1C1=c3sc4ccccc4c3=C(c3ccccc3)CC1)Oc1ccccc1C21c2ccccc2-c2ccccc21. The van der Waals surface area contributed by atoms with Gasteiger partial charge in [0.15, 0.2) is 0 Å². The predicted octanol–water partition coefficient (Wildman–Crippen LogP) is 15.6. The second-order valence-electron chi connectivity index (χ2n) is 18.5. The van der Waals surface area contributed by atoms with Crippen molar-refractivity contribution in [1.29, 1.82) is 0 Å². The summed E-state index contributed by atoms with van der Waals surface area (Å²) >= 11 is 1.88. The molecule has 0 fully saturated rings. The minimum Gasteiger partial charge on any atom is -0.456 e. The van der Waals surface area contributed by atoms with Crippen LogP contribution in [0.5, 0.6) is 11.5 Å². The molecule has 9 aromatic carbocycles. The topological polar surface area (TPSA) is 25.6 Å². The largest absolute Gasteiger partial charge is 0.456 e. The number of allylic oxidation sites excluding steroid dienone is 1. The van der Waals surface area contributed by atoms with Gasteiger partial charge in [-0.05, 0) is 118 Å². The molecule has 0 N–H and O–H groups in total. The lowest BCUT2D eigenvalue weighted by Crippen LogP contribution is -2.34. The zero-order chi connectivity index (χ0) is 46.5. The van der Waals surface area contributed by atoms with Gasteiger partial charge in [0, 0.05) is 53.0 Å². The Bertz CT molecular complexity index is 4150. The van der Waals surface area contributed by atoms with Crippen molar-refractivity contribution in [1.82, 2.24) is 0 Å². The Balaban J connectivity index is 1.17. The van der Waals surface area contributed by atoms with Crippen LogP contribution in [0.1, 0.15) is 57.3 Å². The van der Waals surface area contributed by atoms with Gasteiger partial charge in [0.25, 0.3) is 0 Å². The summed E-state index contributed by atoms with van der Waals surface area (Å²) in [5, 5.41) is 4.64. The van der Waals surface area contributed by atoms with Crippen LogP contribution in [-0.2, 0) is 5.41 Å². The molecular formula is C66H43NO2S. The molecule has 1 spiro atoms. The van der Waals surface area contributed by atoms with Crippen molar-refractivity contribution < 1.29 is 9.15 Å². The molecule has 11 aromatic rings. The number of nitrogens with zero attached hydrogens (tertiary/aromatic N) is 1. The van der Waals surface area contributed by atoms with Gasteiger partial charge in [0.2, 0.25) is 0 Å². The summed E-state index contributed by atoms with van der Waals surface area (Å²) in [6, 6.07) is 74.3. The summed E-state index contributed by atoms with van der Waals surface area (Å²) in [6.07, 6.45) is 10.6. The average molecular weight is 914 g/mol. The highest BCUT2D eigenvalue weighted by molar-refractivity contribution is 7.17. The number of anilines is 2. The van der Waals surface area contributed by atoms with E-state index in [1.54, 1.807) is 0 Å². The van der Waals surface area contributed by atoms with Crippen molar-refractivity contribution in [2.45, 2.75) is 25.2 Å². The predicted molar refractivity (Wildman–Crippen MR) is 289 cm³/mol. The number of aryl methyl sites for hydroxylation is 1. The molecule has 0 unspecified atom stereocenters. The van der Waals surface area contributed by atoms with Gasteiger partial charge in [-0.2, -0.15) is 0 Å². The lowest BCUT2D eigenvalue weighted by atomic mass is 9.65. The Hall–Kier alpha value is -8.62. The lowest BCUT2D eigenvalue weighted by Gasteiger charge is -2.41. The molecule has 3 aliphatic rings. The Labute approximate surface area is 410 Å². The molecule has 2 aliphatic carbocycles. The maximum absolute atomic E-state index is 7.64. The molecule has 3 nitrogen and oxygen atoms in total. The van der Waals surface area contributed by atoms with Gasteiger partial charge >= 0.3 is 0 Å². The van der Waals surface area contributed by atoms with E-state index >= 15 is 0 Å². The molecule has 2 aromatic heterocycles. The molecule has 14 rings (SSSR count). The molecule has 0 radical (unpaired) electrons. The molecule has 3 heterocycles. The smallest absolute Gasteiger partial charge is 0.141 e. The quantitative estimate of drug-likeness (QED) is 0.155. The summed E-state index contributed by atoms with van der Waals surface area (Å²) in [6.45, 7) is 2.14. The zero-order valence-corrected chi connectivity index (χ0v) is 39.2. The van der Waals surface area contributed by atoms with Gasteiger partial charge in [-0.25, -0.2) is 0 Å². The second-order valence-corrected chi connectivity index (χ2v) is 19.6. The van der Waals surface area contributed by atoms with E-state index in [1.165, 1.54) is 58.8 Å². The van der Waals surface area contributed by atoms with Crippen LogP contribution in [0.3, 0.4) is 0 Å². The van der Waals surface area contributed by atoms with Crippen molar-refractivity contribution in [2.75, 3.05) is 4.90 Å². The van der Waals surface area contributed by atoms with E-state index in [-0.39, 0.29) is 0 Å². The fourth-order valence-corrected chi connectivity index (χ4v) is 13.2. The maximum Gasteiger partial charge on any atom is 0.141 e. The van der Waals surface area contributed by atoms with Crippen LogP contribution in [0.2, 0.25) is 0 Å². The van der Waals surface area contributed by atoms with Crippen LogP contribution in [0, 0.1) is 19.3 Å². The summed E-state index contributed by atoms with van der Waals surface area (Å²) in [5.74, 6) is 4.92. The monoisotopic (exact) mass is 913 g/mol. The second kappa shape index (κ2) is 15.7. The molecule has 4 heteroatoms. The Morgan fingerprint density at radius 2 is 1.26 bits per heavy atom. The van der Waals surface area contributed by atoms with E-state index in [1.807, 2.05) is 23.5 Å². The number of furan rings is 1. The van der Waals surface area contributed by atoms with Gasteiger partial charge < -0.3 is 14.1 Å². The number of hydrogen-bond donors (Lipinski definition) is 0. The summed E-state index contributed by atoms with van der Waals surface area (Å²) in [5.41, 5.74) is 17.9. The number of benzene rings is 9. The Morgan fingerprint density at radius 3 is 2.06 bits per heavy atom. The van der Waals surface area contributed by atoms with Gasteiger partial charge in [-0.3, -0.25) is 0 Å². The number of fused-ring (bicyclic) bond motifs is 15. The maximum atomic E-state index is 7.64. The first kappa shape index (κ1) is 40.4. The number of hydrogen-bond acceptors (Lipinski definition) is 4. The van der Waals surface area contributed by atoms with Crippen molar-refractivity contribution in [3.05, 3.63) is 266 Å². The van der Waals surface area contributed by atoms with Gasteiger partial charge in [0.05, 0.1) is 16.8 Å². The summed E-state index contributed by atoms with van der Waals surface area (Å²) in [4.78, 5) is 2.30. The molecule has 0 bridgehead atoms. The standard InChI is InChI=1S/C66H43NO2S/c1-3-44(39-43-22-8-7-19-41(43)2)67(45-33-38-59-52(40-45)49-25-11-16-30-58(49)68-59)57-37-36-56-64(63(57)51-35-34-46(42-20-5-4-6-21-42)62-50-26-12-18-32-61(50)70-65(51)62)69-60-31-17-15-29-55(60)66(56)53-27-13-9-23-47(53)48-24-10-14-28-54(48)66/h1,4-33,36-40H,34-35H2,2H3/b44-39+. The minimum absolute atomic E-state index is 0.671. The zero-order valence-electron chi connectivity index (χ0n) is 38.4. The fourth-order valence-electron chi connectivity index (χ4n) is 11.9. The lowest BCUT2D eigenvalue weighted by molar-refractivity contribution is 0.435. The van der Waals surface area contributed by atoms with Crippen LogP contribution < -0.4 is 19.4 Å².